The number of amides is 1. The number of aryl methyl sites for hydroxylation is 1. The molecule has 0 spiro atoms. The second-order valence-corrected chi connectivity index (χ2v) is 3.83. The summed E-state index contributed by atoms with van der Waals surface area (Å²) in [5.74, 6) is 0.0378. The number of carbonyl (C=O) groups excluding carboxylic acids is 1. The smallest absolute Gasteiger partial charge is 0.233 e. The fourth-order valence-corrected chi connectivity index (χ4v) is 1.49. The average molecular weight is 224 g/mol. The second kappa shape index (κ2) is 6.27. The van der Waals surface area contributed by atoms with Gasteiger partial charge in [0.25, 0.3) is 0 Å². The van der Waals surface area contributed by atoms with Crippen molar-refractivity contribution in [1.82, 2.24) is 20.4 Å². The third-order valence-electron chi connectivity index (χ3n) is 2.44. The van der Waals surface area contributed by atoms with Crippen LogP contribution in [0.4, 0.5) is 0 Å². The lowest BCUT2D eigenvalue weighted by atomic mass is 10.2. The summed E-state index contributed by atoms with van der Waals surface area (Å²) in [7, 11) is 1.89. The lowest BCUT2D eigenvalue weighted by molar-refractivity contribution is -0.120. The quantitative estimate of drug-likeness (QED) is 0.744. The van der Waals surface area contributed by atoms with Crippen molar-refractivity contribution in [2.24, 2.45) is 7.05 Å². The number of rotatable bonds is 6. The minimum atomic E-state index is 0.0378. The molecule has 0 saturated carbocycles. The van der Waals surface area contributed by atoms with Crippen LogP contribution < -0.4 is 10.6 Å². The highest BCUT2D eigenvalue weighted by Gasteiger charge is 2.09. The molecule has 1 unspecified atom stereocenters. The molecule has 1 heterocycles. The molecule has 0 aromatic carbocycles. The Balaban J connectivity index is 2.33. The summed E-state index contributed by atoms with van der Waals surface area (Å²) in [5, 5.41) is 10.1. The molecule has 0 bridgehead atoms. The molecule has 16 heavy (non-hydrogen) atoms. The molecule has 0 saturated heterocycles. The van der Waals surface area contributed by atoms with Gasteiger partial charge >= 0.3 is 0 Å². The molecule has 90 valence electrons. The largest absolute Gasteiger partial charge is 0.355 e. The minimum absolute atomic E-state index is 0.0378. The maximum absolute atomic E-state index is 11.4. The van der Waals surface area contributed by atoms with E-state index in [4.69, 9.17) is 0 Å². The molecule has 2 N–H and O–H groups in total. The van der Waals surface area contributed by atoms with E-state index < -0.39 is 0 Å². The first-order valence-electron chi connectivity index (χ1n) is 5.63. The van der Waals surface area contributed by atoms with Gasteiger partial charge in [-0.15, -0.1) is 0 Å². The van der Waals surface area contributed by atoms with Gasteiger partial charge in [0.15, 0.2) is 0 Å². The van der Waals surface area contributed by atoms with Crippen LogP contribution in [0.1, 0.15) is 32.0 Å². The topological polar surface area (TPSA) is 59.0 Å². The lowest BCUT2D eigenvalue weighted by Crippen LogP contribution is -2.35. The van der Waals surface area contributed by atoms with Crippen LogP contribution in [0.5, 0.6) is 0 Å². The van der Waals surface area contributed by atoms with Crippen molar-refractivity contribution in [2.75, 3.05) is 13.1 Å². The Morgan fingerprint density at radius 3 is 2.94 bits per heavy atom. The first kappa shape index (κ1) is 12.7. The van der Waals surface area contributed by atoms with Gasteiger partial charge in [0, 0.05) is 25.8 Å². The van der Waals surface area contributed by atoms with Crippen LogP contribution in [0.25, 0.3) is 0 Å². The van der Waals surface area contributed by atoms with Gasteiger partial charge in [-0.25, -0.2) is 0 Å². The van der Waals surface area contributed by atoms with Crippen molar-refractivity contribution in [3.8, 4) is 0 Å². The first-order chi connectivity index (χ1) is 7.65. The van der Waals surface area contributed by atoms with E-state index in [2.05, 4.69) is 15.7 Å². The summed E-state index contributed by atoms with van der Waals surface area (Å²) < 4.78 is 1.81. The zero-order valence-electron chi connectivity index (χ0n) is 10.2. The SMILES string of the molecule is CCCNC(=O)CNC(C)c1ccnn1C. The van der Waals surface area contributed by atoms with Crippen LogP contribution in [-0.4, -0.2) is 28.8 Å². The molecule has 1 aromatic rings. The highest BCUT2D eigenvalue weighted by molar-refractivity contribution is 5.77. The van der Waals surface area contributed by atoms with E-state index >= 15 is 0 Å². The Labute approximate surface area is 96.2 Å². The molecule has 1 rings (SSSR count). The average Bonchev–Trinajstić information content (AvgIpc) is 2.69. The molecule has 1 atom stereocenters. The van der Waals surface area contributed by atoms with Gasteiger partial charge in [0.1, 0.15) is 0 Å². The van der Waals surface area contributed by atoms with E-state index in [9.17, 15) is 4.79 Å². The second-order valence-electron chi connectivity index (χ2n) is 3.83. The zero-order chi connectivity index (χ0) is 12.0. The third-order valence-corrected chi connectivity index (χ3v) is 2.44. The maximum Gasteiger partial charge on any atom is 0.233 e. The van der Waals surface area contributed by atoms with Crippen molar-refractivity contribution in [3.05, 3.63) is 18.0 Å². The predicted molar refractivity (Wildman–Crippen MR) is 62.9 cm³/mol. The normalized spacial score (nSPS) is 12.4. The Kier molecular flexibility index (Phi) is 4.98. The summed E-state index contributed by atoms with van der Waals surface area (Å²) >= 11 is 0. The molecule has 5 heteroatoms. The van der Waals surface area contributed by atoms with E-state index in [1.807, 2.05) is 31.6 Å². The van der Waals surface area contributed by atoms with E-state index in [1.165, 1.54) is 0 Å². The van der Waals surface area contributed by atoms with Gasteiger partial charge in [-0.1, -0.05) is 6.92 Å². The third kappa shape index (κ3) is 3.66. The number of hydrogen-bond acceptors (Lipinski definition) is 3. The summed E-state index contributed by atoms with van der Waals surface area (Å²) in [6.45, 7) is 5.13. The standard InChI is InChI=1S/C11H20N4O/c1-4-6-12-11(16)8-13-9(2)10-5-7-14-15(10)3/h5,7,9,13H,4,6,8H2,1-3H3,(H,12,16). The molecule has 0 aliphatic carbocycles. The monoisotopic (exact) mass is 224 g/mol. The van der Waals surface area contributed by atoms with Crippen molar-refractivity contribution in [3.63, 3.8) is 0 Å². The molecule has 1 aromatic heterocycles. The van der Waals surface area contributed by atoms with Crippen LogP contribution in [-0.2, 0) is 11.8 Å². The van der Waals surface area contributed by atoms with Gasteiger partial charge < -0.3 is 10.6 Å². The van der Waals surface area contributed by atoms with Crippen LogP contribution in [0.15, 0.2) is 12.3 Å². The van der Waals surface area contributed by atoms with Crippen LogP contribution in [0.3, 0.4) is 0 Å². The first-order valence-corrected chi connectivity index (χ1v) is 5.63. The van der Waals surface area contributed by atoms with Crippen LogP contribution in [0.2, 0.25) is 0 Å². The summed E-state index contributed by atoms with van der Waals surface area (Å²) in [5.41, 5.74) is 1.07. The minimum Gasteiger partial charge on any atom is -0.355 e. The van der Waals surface area contributed by atoms with Crippen molar-refractivity contribution < 1.29 is 4.79 Å². The molecule has 0 radical (unpaired) electrons. The van der Waals surface area contributed by atoms with Crippen molar-refractivity contribution in [1.29, 1.82) is 0 Å². The molecule has 0 aliphatic heterocycles. The van der Waals surface area contributed by atoms with Crippen LogP contribution in [0, 0.1) is 0 Å². The van der Waals surface area contributed by atoms with E-state index in [1.54, 1.807) is 6.20 Å². The van der Waals surface area contributed by atoms with Crippen molar-refractivity contribution in [2.45, 2.75) is 26.3 Å². The summed E-state index contributed by atoms with van der Waals surface area (Å²) in [4.78, 5) is 11.4. The van der Waals surface area contributed by atoms with Gasteiger partial charge in [0.2, 0.25) is 5.91 Å². The van der Waals surface area contributed by atoms with Gasteiger partial charge in [-0.2, -0.15) is 5.10 Å². The summed E-state index contributed by atoms with van der Waals surface area (Å²) in [6.07, 6.45) is 2.72. The fourth-order valence-electron chi connectivity index (χ4n) is 1.49. The van der Waals surface area contributed by atoms with Gasteiger partial charge in [0.05, 0.1) is 12.2 Å². The Hall–Kier alpha value is -1.36. The number of hydrogen-bond donors (Lipinski definition) is 2. The van der Waals surface area contributed by atoms with E-state index in [0.717, 1.165) is 18.7 Å². The number of aromatic nitrogens is 2. The van der Waals surface area contributed by atoms with Crippen molar-refractivity contribution >= 4 is 5.91 Å². The lowest BCUT2D eigenvalue weighted by Gasteiger charge is -2.13. The highest BCUT2D eigenvalue weighted by atomic mass is 16.1. The molecule has 0 fully saturated rings. The van der Waals surface area contributed by atoms with E-state index in [-0.39, 0.29) is 11.9 Å². The van der Waals surface area contributed by atoms with Crippen LogP contribution >= 0.6 is 0 Å². The molecule has 0 aliphatic rings. The molecular weight excluding hydrogens is 204 g/mol. The van der Waals surface area contributed by atoms with E-state index in [0.29, 0.717) is 6.54 Å². The van der Waals surface area contributed by atoms with Gasteiger partial charge in [-0.3, -0.25) is 9.48 Å². The predicted octanol–water partition coefficient (Wildman–Crippen LogP) is 0.597. The highest BCUT2D eigenvalue weighted by Crippen LogP contribution is 2.09. The summed E-state index contributed by atoms with van der Waals surface area (Å²) in [6, 6.07) is 2.07. The molecular formula is C11H20N4O. The number of nitrogens with zero attached hydrogens (tertiary/aromatic N) is 2. The fraction of sp³-hybridized carbons (Fsp3) is 0.636. The molecule has 1 amide bonds. The maximum atomic E-state index is 11.4. The Morgan fingerprint density at radius 2 is 2.38 bits per heavy atom. The number of carbonyl (C=O) groups is 1. The Morgan fingerprint density at radius 1 is 1.62 bits per heavy atom. The molecule has 5 nitrogen and oxygen atoms in total. The Bertz CT molecular complexity index is 334. The van der Waals surface area contributed by atoms with Gasteiger partial charge in [-0.05, 0) is 19.4 Å². The zero-order valence-corrected chi connectivity index (χ0v) is 10.2. The number of nitrogens with one attached hydrogen (secondary N) is 2.